The minimum Gasteiger partial charge on any atom is -0.489 e. The highest BCUT2D eigenvalue weighted by Gasteiger charge is 2.25. The van der Waals surface area contributed by atoms with Crippen molar-refractivity contribution in [2.45, 2.75) is 19.9 Å². The maximum absolute atomic E-state index is 12.6. The number of nitrogens with zero attached hydrogens (tertiary/aromatic N) is 1. The van der Waals surface area contributed by atoms with Gasteiger partial charge in [0.05, 0.1) is 17.5 Å². The first-order chi connectivity index (χ1) is 8.37. The van der Waals surface area contributed by atoms with Crippen LogP contribution in [0.25, 0.3) is 0 Å². The van der Waals surface area contributed by atoms with E-state index in [1.165, 1.54) is 0 Å². The smallest absolute Gasteiger partial charge is 0.304 e. The van der Waals surface area contributed by atoms with Crippen LogP contribution in [-0.4, -0.2) is 33.4 Å². The molecule has 0 N–H and O–H groups in total. The molecule has 0 bridgehead atoms. The monoisotopic (exact) mass is 273 g/mol. The van der Waals surface area contributed by atoms with Crippen LogP contribution in [0.4, 0.5) is 9.57 Å². The van der Waals surface area contributed by atoms with Gasteiger partial charge in [0.25, 0.3) is 0 Å². The Hall–Kier alpha value is -1.30. The number of anilines is 1. The van der Waals surface area contributed by atoms with Crippen LogP contribution in [-0.2, 0) is 10.2 Å². The summed E-state index contributed by atoms with van der Waals surface area (Å²) in [5.74, 6) is 0.222. The Labute approximate surface area is 107 Å². The molecule has 100 valence electrons. The molecule has 2 rings (SSSR count). The molecule has 0 spiro atoms. The molecule has 0 saturated carbocycles. The summed E-state index contributed by atoms with van der Waals surface area (Å²) in [6.45, 7) is 4.49. The third-order valence-corrected chi connectivity index (χ3v) is 3.68. The third kappa shape index (κ3) is 2.93. The van der Waals surface area contributed by atoms with Gasteiger partial charge >= 0.3 is 10.2 Å². The van der Waals surface area contributed by atoms with Crippen LogP contribution in [0.15, 0.2) is 18.2 Å². The molecule has 0 aromatic heterocycles. The maximum Gasteiger partial charge on any atom is 0.304 e. The number of ether oxygens (including phenoxy) is 1. The van der Waals surface area contributed by atoms with E-state index < -0.39 is 16.0 Å². The number of benzene rings is 1. The molecule has 1 aliphatic heterocycles. The molecular weight excluding hydrogens is 257 g/mol. The molecule has 6 heteroatoms. The Bertz CT molecular complexity index is 544. The zero-order valence-corrected chi connectivity index (χ0v) is 11.2. The molecule has 0 saturated heterocycles. The topological polar surface area (TPSA) is 46.6 Å². The lowest BCUT2D eigenvalue weighted by Crippen LogP contribution is -2.43. The summed E-state index contributed by atoms with van der Waals surface area (Å²) in [4.78, 5) is 1.88. The van der Waals surface area contributed by atoms with Crippen molar-refractivity contribution in [3.05, 3.63) is 23.8 Å². The Morgan fingerprint density at radius 1 is 1.50 bits per heavy atom. The van der Waals surface area contributed by atoms with E-state index in [0.29, 0.717) is 6.61 Å². The third-order valence-electron chi connectivity index (χ3n) is 3.01. The number of halogens is 1. The lowest BCUT2D eigenvalue weighted by molar-refractivity contribution is 0.271. The van der Waals surface area contributed by atoms with Crippen molar-refractivity contribution in [1.82, 2.24) is 0 Å². The van der Waals surface area contributed by atoms with Gasteiger partial charge in [-0.15, -0.1) is 3.89 Å². The second-order valence-corrected chi connectivity index (χ2v) is 6.05. The van der Waals surface area contributed by atoms with Crippen LogP contribution < -0.4 is 9.64 Å². The molecule has 18 heavy (non-hydrogen) atoms. The molecule has 0 fully saturated rings. The summed E-state index contributed by atoms with van der Waals surface area (Å²) >= 11 is 0. The molecule has 1 aromatic carbocycles. The fourth-order valence-corrected chi connectivity index (χ4v) is 2.47. The Kier molecular flexibility index (Phi) is 3.47. The number of hydrogen-bond donors (Lipinski definition) is 0. The average Bonchev–Trinajstić information content (AvgIpc) is 2.26. The molecule has 4 nitrogen and oxygen atoms in total. The lowest BCUT2D eigenvalue weighted by atomic mass is 10.1. The van der Waals surface area contributed by atoms with Crippen LogP contribution >= 0.6 is 0 Å². The van der Waals surface area contributed by atoms with Gasteiger partial charge in [-0.3, -0.25) is 0 Å². The predicted molar refractivity (Wildman–Crippen MR) is 68.4 cm³/mol. The van der Waals surface area contributed by atoms with Crippen LogP contribution in [0, 0.1) is 6.92 Å². The Morgan fingerprint density at radius 3 is 2.89 bits per heavy atom. The van der Waals surface area contributed by atoms with Crippen LogP contribution in [0.1, 0.15) is 12.5 Å². The number of rotatable bonds is 3. The van der Waals surface area contributed by atoms with Gasteiger partial charge < -0.3 is 9.64 Å². The van der Waals surface area contributed by atoms with E-state index >= 15 is 0 Å². The minimum atomic E-state index is -4.44. The SMILES string of the molecule is Cc1ccc2c(c1)N(CCS(=O)(=O)F)C(C)CO2. The molecule has 0 aliphatic carbocycles. The molecule has 1 unspecified atom stereocenters. The van der Waals surface area contributed by atoms with Crippen molar-refractivity contribution in [2.75, 3.05) is 23.8 Å². The van der Waals surface area contributed by atoms with E-state index in [1.54, 1.807) is 0 Å². The summed E-state index contributed by atoms with van der Waals surface area (Å²) in [7, 11) is -4.44. The van der Waals surface area contributed by atoms with Crippen LogP contribution in [0.5, 0.6) is 5.75 Å². The second kappa shape index (κ2) is 4.76. The van der Waals surface area contributed by atoms with E-state index in [-0.39, 0.29) is 12.6 Å². The highest BCUT2D eigenvalue weighted by Crippen LogP contribution is 2.34. The van der Waals surface area contributed by atoms with Gasteiger partial charge in [0.15, 0.2) is 0 Å². The number of fused-ring (bicyclic) bond motifs is 1. The quantitative estimate of drug-likeness (QED) is 0.789. The standard InChI is InChI=1S/C12H16FNO3S/c1-9-3-4-12-11(7-9)14(10(2)8-17-12)5-6-18(13,15)16/h3-4,7,10H,5-6,8H2,1-2H3. The molecular formula is C12H16FNO3S. The van der Waals surface area contributed by atoms with Crippen molar-refractivity contribution in [1.29, 1.82) is 0 Å². The van der Waals surface area contributed by atoms with Crippen molar-refractivity contribution in [3.8, 4) is 5.75 Å². The van der Waals surface area contributed by atoms with E-state index in [1.807, 2.05) is 36.9 Å². The fraction of sp³-hybridized carbons (Fsp3) is 0.500. The van der Waals surface area contributed by atoms with Gasteiger partial charge in [-0.1, -0.05) is 6.07 Å². The van der Waals surface area contributed by atoms with Crippen molar-refractivity contribution >= 4 is 15.9 Å². The predicted octanol–water partition coefficient (Wildman–Crippen LogP) is 1.88. The van der Waals surface area contributed by atoms with E-state index in [4.69, 9.17) is 4.74 Å². The highest BCUT2D eigenvalue weighted by atomic mass is 32.3. The first-order valence-corrected chi connectivity index (χ1v) is 7.34. The average molecular weight is 273 g/mol. The van der Waals surface area contributed by atoms with Gasteiger partial charge in [0.1, 0.15) is 12.4 Å². The van der Waals surface area contributed by atoms with Gasteiger partial charge in [-0.2, -0.15) is 8.42 Å². The van der Waals surface area contributed by atoms with Crippen LogP contribution in [0.2, 0.25) is 0 Å². The zero-order valence-electron chi connectivity index (χ0n) is 10.4. The zero-order chi connectivity index (χ0) is 13.3. The summed E-state index contributed by atoms with van der Waals surface area (Å²) in [6.07, 6.45) is 0. The number of aryl methyl sites for hydroxylation is 1. The van der Waals surface area contributed by atoms with Gasteiger partial charge in [-0.05, 0) is 31.5 Å². The molecule has 1 aliphatic rings. The van der Waals surface area contributed by atoms with Crippen molar-refractivity contribution in [3.63, 3.8) is 0 Å². The minimum absolute atomic E-state index is 0.0287. The molecule has 0 amide bonds. The normalized spacial score (nSPS) is 19.3. The first-order valence-electron chi connectivity index (χ1n) is 5.79. The van der Waals surface area contributed by atoms with Crippen molar-refractivity contribution in [2.24, 2.45) is 0 Å². The maximum atomic E-state index is 12.6. The largest absolute Gasteiger partial charge is 0.489 e. The van der Waals surface area contributed by atoms with E-state index in [9.17, 15) is 12.3 Å². The number of hydrogen-bond acceptors (Lipinski definition) is 4. The van der Waals surface area contributed by atoms with Gasteiger partial charge in [0, 0.05) is 6.54 Å². The molecule has 0 radical (unpaired) electrons. The van der Waals surface area contributed by atoms with Crippen molar-refractivity contribution < 1.29 is 17.0 Å². The fourth-order valence-electron chi connectivity index (χ4n) is 2.06. The highest BCUT2D eigenvalue weighted by molar-refractivity contribution is 7.86. The summed E-state index contributed by atoms with van der Waals surface area (Å²) < 4.78 is 39.5. The molecule has 1 heterocycles. The van der Waals surface area contributed by atoms with Gasteiger partial charge in [0.2, 0.25) is 0 Å². The lowest BCUT2D eigenvalue weighted by Gasteiger charge is -2.36. The molecule has 1 aromatic rings. The first kappa shape index (κ1) is 13.1. The summed E-state index contributed by atoms with van der Waals surface area (Å²) in [6, 6.07) is 5.74. The Balaban J connectivity index is 2.27. The van der Waals surface area contributed by atoms with E-state index in [2.05, 4.69) is 0 Å². The Morgan fingerprint density at radius 2 is 2.22 bits per heavy atom. The second-order valence-electron chi connectivity index (χ2n) is 4.57. The van der Waals surface area contributed by atoms with Gasteiger partial charge in [-0.25, -0.2) is 0 Å². The summed E-state index contributed by atoms with van der Waals surface area (Å²) in [5.41, 5.74) is 1.89. The molecule has 1 atom stereocenters. The van der Waals surface area contributed by atoms with Crippen LogP contribution in [0.3, 0.4) is 0 Å². The van der Waals surface area contributed by atoms with E-state index in [0.717, 1.165) is 17.0 Å². The summed E-state index contributed by atoms with van der Waals surface area (Å²) in [5, 5.41) is 0.